The smallest absolute Gasteiger partial charge is 0.341 e. The molecule has 1 aliphatic heterocycles. The second-order valence-corrected chi connectivity index (χ2v) is 10.7. The highest BCUT2D eigenvalue weighted by Crippen LogP contribution is 2.36. The van der Waals surface area contributed by atoms with E-state index in [4.69, 9.17) is 28.8 Å². The van der Waals surface area contributed by atoms with Crippen molar-refractivity contribution in [2.75, 3.05) is 26.9 Å². The summed E-state index contributed by atoms with van der Waals surface area (Å²) in [7, 11) is 1.53. The second kappa shape index (κ2) is 13.6. The lowest BCUT2D eigenvalue weighted by Crippen LogP contribution is -2.40. The number of fused-ring (bicyclic) bond motifs is 1. The summed E-state index contributed by atoms with van der Waals surface area (Å²) in [5, 5.41) is 8.98. The SMILES string of the molecule is CCOC(=O)C1=C(C)N=c2s/c(=C\c3ccc(OCC(=O)O)c(OCC)c3)c(=O)n2[C@H]1c1ccc(OC(C)C)c(OC)c1. The van der Waals surface area contributed by atoms with Gasteiger partial charge in [-0.2, -0.15) is 0 Å². The summed E-state index contributed by atoms with van der Waals surface area (Å²) in [5.74, 6) is -0.0641. The molecule has 2 aromatic carbocycles. The van der Waals surface area contributed by atoms with Gasteiger partial charge in [0.2, 0.25) is 0 Å². The van der Waals surface area contributed by atoms with Gasteiger partial charge in [-0.15, -0.1) is 0 Å². The number of thiazole rings is 1. The van der Waals surface area contributed by atoms with Crippen molar-refractivity contribution in [3.63, 3.8) is 0 Å². The van der Waals surface area contributed by atoms with Gasteiger partial charge in [-0.05, 0) is 76.1 Å². The normalized spacial score (nSPS) is 14.7. The number of methoxy groups -OCH3 is 1. The van der Waals surface area contributed by atoms with E-state index in [2.05, 4.69) is 4.99 Å². The van der Waals surface area contributed by atoms with Crippen LogP contribution < -0.4 is 33.8 Å². The van der Waals surface area contributed by atoms with Crippen molar-refractivity contribution in [1.82, 2.24) is 4.57 Å². The number of carboxylic acids is 1. The summed E-state index contributed by atoms with van der Waals surface area (Å²) in [4.78, 5) is 43.2. The Kier molecular flexibility index (Phi) is 9.92. The van der Waals surface area contributed by atoms with E-state index < -0.39 is 24.6 Å². The average molecular weight is 611 g/mol. The van der Waals surface area contributed by atoms with Crippen LogP contribution in [0, 0.1) is 0 Å². The Morgan fingerprint density at radius 3 is 2.44 bits per heavy atom. The first-order valence-corrected chi connectivity index (χ1v) is 14.5. The molecule has 0 bridgehead atoms. The van der Waals surface area contributed by atoms with E-state index in [9.17, 15) is 14.4 Å². The van der Waals surface area contributed by atoms with E-state index in [0.29, 0.717) is 50.0 Å². The Morgan fingerprint density at radius 1 is 1.05 bits per heavy atom. The Balaban J connectivity index is 1.88. The van der Waals surface area contributed by atoms with Gasteiger partial charge in [-0.25, -0.2) is 14.6 Å². The molecule has 1 aliphatic rings. The van der Waals surface area contributed by atoms with Gasteiger partial charge in [0.15, 0.2) is 34.4 Å². The molecular weight excluding hydrogens is 576 g/mol. The fourth-order valence-corrected chi connectivity index (χ4v) is 5.65. The van der Waals surface area contributed by atoms with Crippen LogP contribution in [-0.2, 0) is 14.3 Å². The van der Waals surface area contributed by atoms with Crippen molar-refractivity contribution < 1.29 is 38.4 Å². The van der Waals surface area contributed by atoms with Gasteiger partial charge in [0.25, 0.3) is 5.56 Å². The number of hydrogen-bond acceptors (Lipinski definition) is 10. The van der Waals surface area contributed by atoms with Gasteiger partial charge in [-0.3, -0.25) is 9.36 Å². The average Bonchev–Trinajstić information content (AvgIpc) is 3.25. The second-order valence-electron chi connectivity index (χ2n) is 9.70. The molecule has 228 valence electrons. The van der Waals surface area contributed by atoms with Crippen LogP contribution >= 0.6 is 11.3 Å². The van der Waals surface area contributed by atoms with E-state index in [1.807, 2.05) is 13.8 Å². The summed E-state index contributed by atoms with van der Waals surface area (Å²) in [5.41, 5.74) is 1.59. The highest BCUT2D eigenvalue weighted by atomic mass is 32.1. The van der Waals surface area contributed by atoms with Gasteiger partial charge in [-0.1, -0.05) is 23.5 Å². The number of esters is 1. The number of ether oxygens (including phenoxy) is 5. The third kappa shape index (κ3) is 6.91. The van der Waals surface area contributed by atoms with Gasteiger partial charge < -0.3 is 28.8 Å². The number of aliphatic carboxylic acids is 1. The fourth-order valence-electron chi connectivity index (χ4n) is 4.61. The summed E-state index contributed by atoms with van der Waals surface area (Å²) in [6, 6.07) is 9.44. The van der Waals surface area contributed by atoms with Crippen molar-refractivity contribution in [3.05, 3.63) is 78.5 Å². The molecule has 1 N–H and O–H groups in total. The van der Waals surface area contributed by atoms with E-state index in [1.54, 1.807) is 63.2 Å². The van der Waals surface area contributed by atoms with Crippen molar-refractivity contribution >= 4 is 29.4 Å². The van der Waals surface area contributed by atoms with Gasteiger partial charge in [0.05, 0.1) is 48.3 Å². The third-order valence-electron chi connectivity index (χ3n) is 6.30. The molecule has 11 nitrogen and oxygen atoms in total. The maximum Gasteiger partial charge on any atom is 0.341 e. The van der Waals surface area contributed by atoms with Crippen LogP contribution in [0.25, 0.3) is 6.08 Å². The fraction of sp³-hybridized carbons (Fsp3) is 0.355. The summed E-state index contributed by atoms with van der Waals surface area (Å²) >= 11 is 1.18. The number of carbonyl (C=O) groups is 2. The number of hydrogen-bond donors (Lipinski definition) is 1. The number of aromatic nitrogens is 1. The highest BCUT2D eigenvalue weighted by Gasteiger charge is 2.34. The Morgan fingerprint density at radius 2 is 1.79 bits per heavy atom. The predicted molar refractivity (Wildman–Crippen MR) is 160 cm³/mol. The molecule has 4 rings (SSSR count). The molecule has 12 heteroatoms. The first-order chi connectivity index (χ1) is 20.6. The number of allylic oxidation sites excluding steroid dienone is 1. The third-order valence-corrected chi connectivity index (χ3v) is 7.28. The topological polar surface area (TPSA) is 135 Å². The van der Waals surface area contributed by atoms with Crippen LogP contribution in [0.3, 0.4) is 0 Å². The predicted octanol–water partition coefficient (Wildman–Crippen LogP) is 3.46. The molecular formula is C31H34N2O9S. The molecule has 3 aromatic rings. The molecule has 0 radical (unpaired) electrons. The largest absolute Gasteiger partial charge is 0.493 e. The van der Waals surface area contributed by atoms with Crippen molar-refractivity contribution in [2.45, 2.75) is 46.8 Å². The lowest BCUT2D eigenvalue weighted by Gasteiger charge is -2.25. The maximum atomic E-state index is 14.0. The van der Waals surface area contributed by atoms with Crippen molar-refractivity contribution in [1.29, 1.82) is 0 Å². The zero-order valence-corrected chi connectivity index (χ0v) is 25.6. The molecule has 2 heterocycles. The van der Waals surface area contributed by atoms with Crippen LogP contribution in [0.2, 0.25) is 0 Å². The quantitative estimate of drug-likeness (QED) is 0.306. The standard InChI is InChI=1S/C31H34N2O9S/c1-7-39-24-13-19(9-11-21(24)41-16-26(34)35)14-25-29(36)33-28(20-10-12-22(42-17(3)4)23(15-20)38-6)27(30(37)40-8-2)18(5)32-31(33)43-25/h9-15,17,28H,7-8,16H2,1-6H3,(H,34,35)/b25-14-/t28-/m0/s1. The molecule has 43 heavy (non-hydrogen) atoms. The van der Waals surface area contributed by atoms with Crippen molar-refractivity contribution in [3.8, 4) is 23.0 Å². The first-order valence-electron chi connectivity index (χ1n) is 13.7. The Labute approximate surface area is 252 Å². The molecule has 0 spiro atoms. The van der Waals surface area contributed by atoms with Crippen LogP contribution in [0.1, 0.15) is 51.8 Å². The minimum Gasteiger partial charge on any atom is -0.493 e. The highest BCUT2D eigenvalue weighted by molar-refractivity contribution is 7.07. The Hall–Kier alpha value is -4.58. The van der Waals surface area contributed by atoms with Gasteiger partial charge in [0, 0.05) is 0 Å². The monoisotopic (exact) mass is 610 g/mol. The minimum atomic E-state index is -1.11. The number of carbonyl (C=O) groups excluding carboxylic acids is 1. The molecule has 0 fully saturated rings. The van der Waals surface area contributed by atoms with Crippen LogP contribution in [0.15, 0.2) is 57.5 Å². The van der Waals surface area contributed by atoms with E-state index in [-0.39, 0.29) is 29.6 Å². The number of rotatable bonds is 12. The zero-order valence-electron chi connectivity index (χ0n) is 24.8. The maximum absolute atomic E-state index is 14.0. The lowest BCUT2D eigenvalue weighted by molar-refractivity contribution is -0.140. The van der Waals surface area contributed by atoms with E-state index in [1.165, 1.54) is 23.0 Å². The lowest BCUT2D eigenvalue weighted by atomic mass is 9.95. The molecule has 1 atom stereocenters. The summed E-state index contributed by atoms with van der Waals surface area (Å²) < 4.78 is 29.7. The van der Waals surface area contributed by atoms with Gasteiger partial charge in [0.1, 0.15) is 0 Å². The zero-order chi connectivity index (χ0) is 31.3. The summed E-state index contributed by atoms with van der Waals surface area (Å²) in [6.45, 7) is 9.01. The van der Waals surface area contributed by atoms with Crippen molar-refractivity contribution in [2.24, 2.45) is 4.99 Å². The molecule has 0 aliphatic carbocycles. The number of carboxylic acid groups (broad SMARTS) is 1. The first kappa shape index (κ1) is 31.4. The molecule has 0 saturated carbocycles. The van der Waals surface area contributed by atoms with E-state index in [0.717, 1.165) is 0 Å². The van der Waals surface area contributed by atoms with Crippen LogP contribution in [0.4, 0.5) is 0 Å². The summed E-state index contributed by atoms with van der Waals surface area (Å²) in [6.07, 6.45) is 1.60. The minimum absolute atomic E-state index is 0.0873. The molecule has 0 saturated heterocycles. The Bertz CT molecular complexity index is 1740. The molecule has 0 unspecified atom stereocenters. The molecule has 1 aromatic heterocycles. The van der Waals surface area contributed by atoms with Crippen LogP contribution in [-0.4, -0.2) is 54.6 Å². The van der Waals surface area contributed by atoms with Gasteiger partial charge >= 0.3 is 11.9 Å². The van der Waals surface area contributed by atoms with Crippen LogP contribution in [0.5, 0.6) is 23.0 Å². The van der Waals surface area contributed by atoms with E-state index >= 15 is 0 Å². The number of benzene rings is 2. The molecule has 0 amide bonds. The number of nitrogens with zero attached hydrogens (tertiary/aromatic N) is 2.